The number of likely N-dealkylation sites (N-methyl/N-ethyl adjacent to an activating group) is 1. The van der Waals surface area contributed by atoms with Crippen LogP contribution in [0.5, 0.6) is 0 Å². The van der Waals surface area contributed by atoms with Gasteiger partial charge in [0.15, 0.2) is 0 Å². The van der Waals surface area contributed by atoms with Gasteiger partial charge in [0.2, 0.25) is 0 Å². The number of likely N-dealkylation sites (tertiary alicyclic amines) is 2. The Kier molecular flexibility index (Phi) is 8.58. The summed E-state index contributed by atoms with van der Waals surface area (Å²) in [7, 11) is 0.921. The number of hydrogen-bond donors (Lipinski definition) is 1. The molecular weight excluding hydrogens is 572 g/mol. The number of rotatable bonds is 8. The van der Waals surface area contributed by atoms with Crippen molar-refractivity contribution in [3.05, 3.63) is 48.5 Å². The van der Waals surface area contributed by atoms with E-state index in [1.165, 1.54) is 0 Å². The average Bonchev–Trinajstić information content (AvgIpc) is 3.72. The smallest absolute Gasteiger partial charge is 0.314 e. The maximum absolute atomic E-state index is 13.8. The monoisotopic (exact) mass is 616 g/mol. The summed E-state index contributed by atoms with van der Waals surface area (Å²) in [5, 5.41) is 14.1. The van der Waals surface area contributed by atoms with Crippen molar-refractivity contribution in [2.24, 2.45) is 5.92 Å². The van der Waals surface area contributed by atoms with E-state index >= 15 is 0 Å². The van der Waals surface area contributed by atoms with Crippen LogP contribution < -0.4 is 5.32 Å². The molecule has 6 rings (SSSR count). The van der Waals surface area contributed by atoms with Crippen molar-refractivity contribution in [3.8, 4) is 0 Å². The predicted octanol–water partition coefficient (Wildman–Crippen LogP) is 4.91. The number of aromatic nitrogens is 5. The SMILES string of the molecule is C[C@H]1CC[C@H](c2ccc3cn(C4CCN(C)C4)nc3c2)N(C(=O)C(=O)Nc2cncc3cnn(COCC[Si](C)(C)C)c23)C1. The maximum Gasteiger partial charge on any atom is 0.314 e. The highest BCUT2D eigenvalue weighted by molar-refractivity contribution is 6.76. The second kappa shape index (κ2) is 12.4. The molecule has 1 unspecified atom stereocenters. The average molecular weight is 617 g/mol. The molecule has 1 N–H and O–H groups in total. The Bertz CT molecular complexity index is 1660. The topological polar surface area (TPSA) is 110 Å². The predicted molar refractivity (Wildman–Crippen MR) is 174 cm³/mol. The molecule has 12 heteroatoms. The number of ether oxygens (including phenoxy) is 1. The molecule has 234 valence electrons. The van der Waals surface area contributed by atoms with Crippen LogP contribution in [0.2, 0.25) is 25.7 Å². The van der Waals surface area contributed by atoms with Gasteiger partial charge in [-0.1, -0.05) is 38.7 Å². The van der Waals surface area contributed by atoms with E-state index in [0.29, 0.717) is 36.3 Å². The minimum Gasteiger partial charge on any atom is -0.360 e. The third-order valence-electron chi connectivity index (χ3n) is 8.95. The minimum absolute atomic E-state index is 0.198. The number of fused-ring (bicyclic) bond motifs is 2. The molecule has 2 saturated heterocycles. The zero-order valence-corrected chi connectivity index (χ0v) is 27.5. The van der Waals surface area contributed by atoms with Crippen molar-refractivity contribution in [1.82, 2.24) is 34.3 Å². The summed E-state index contributed by atoms with van der Waals surface area (Å²) in [6, 6.07) is 7.49. The van der Waals surface area contributed by atoms with Crippen molar-refractivity contribution in [2.45, 2.75) is 70.7 Å². The van der Waals surface area contributed by atoms with Crippen LogP contribution in [0.1, 0.15) is 43.8 Å². The van der Waals surface area contributed by atoms with Gasteiger partial charge in [-0.05, 0) is 56.4 Å². The van der Waals surface area contributed by atoms with E-state index < -0.39 is 19.9 Å². The zero-order chi connectivity index (χ0) is 31.0. The van der Waals surface area contributed by atoms with E-state index in [0.717, 1.165) is 60.2 Å². The summed E-state index contributed by atoms with van der Waals surface area (Å²) in [6.07, 6.45) is 9.95. The molecule has 5 heterocycles. The fourth-order valence-corrected chi connectivity index (χ4v) is 7.12. The number of nitrogens with one attached hydrogen (secondary N) is 1. The molecule has 0 aliphatic carbocycles. The third kappa shape index (κ3) is 6.57. The lowest BCUT2D eigenvalue weighted by molar-refractivity contribution is -0.146. The number of piperidine rings is 1. The molecule has 0 spiro atoms. The first kappa shape index (κ1) is 30.4. The van der Waals surface area contributed by atoms with Gasteiger partial charge in [0.1, 0.15) is 6.73 Å². The Balaban J connectivity index is 1.19. The Morgan fingerprint density at radius 1 is 1.07 bits per heavy atom. The van der Waals surface area contributed by atoms with E-state index in [1.54, 1.807) is 28.2 Å². The minimum atomic E-state index is -1.22. The maximum atomic E-state index is 13.8. The highest BCUT2D eigenvalue weighted by Gasteiger charge is 2.35. The molecule has 2 aliphatic heterocycles. The molecule has 3 aromatic heterocycles. The Labute approximate surface area is 259 Å². The van der Waals surface area contributed by atoms with Crippen LogP contribution in [0.4, 0.5) is 5.69 Å². The van der Waals surface area contributed by atoms with Crippen LogP contribution in [0.15, 0.2) is 43.0 Å². The number of nitrogens with zero attached hydrogens (tertiary/aromatic N) is 7. The largest absolute Gasteiger partial charge is 0.360 e. The molecule has 2 amide bonds. The van der Waals surface area contributed by atoms with Crippen LogP contribution in [-0.4, -0.2) is 87.5 Å². The van der Waals surface area contributed by atoms with Gasteiger partial charge in [-0.25, -0.2) is 4.68 Å². The molecule has 4 aromatic rings. The summed E-state index contributed by atoms with van der Waals surface area (Å²) < 4.78 is 9.73. The van der Waals surface area contributed by atoms with Gasteiger partial charge in [0, 0.05) is 50.9 Å². The first-order chi connectivity index (χ1) is 21.1. The Morgan fingerprint density at radius 2 is 1.91 bits per heavy atom. The van der Waals surface area contributed by atoms with Gasteiger partial charge in [-0.15, -0.1) is 0 Å². The van der Waals surface area contributed by atoms with Crippen molar-refractivity contribution < 1.29 is 14.3 Å². The van der Waals surface area contributed by atoms with Crippen LogP contribution >= 0.6 is 0 Å². The van der Waals surface area contributed by atoms with Gasteiger partial charge < -0.3 is 19.9 Å². The number of benzene rings is 1. The molecule has 0 bridgehead atoms. The first-order valence-electron chi connectivity index (χ1n) is 15.7. The number of hydrogen-bond acceptors (Lipinski definition) is 7. The number of anilines is 1. The third-order valence-corrected chi connectivity index (χ3v) is 10.6. The second-order valence-electron chi connectivity index (χ2n) is 13.9. The molecule has 0 radical (unpaired) electrons. The van der Waals surface area contributed by atoms with Crippen LogP contribution in [0.3, 0.4) is 0 Å². The summed E-state index contributed by atoms with van der Waals surface area (Å²) in [4.78, 5) is 35.7. The molecule has 44 heavy (non-hydrogen) atoms. The lowest BCUT2D eigenvalue weighted by Crippen LogP contribution is -2.46. The molecule has 2 aliphatic rings. The molecule has 2 fully saturated rings. The second-order valence-corrected chi connectivity index (χ2v) is 19.5. The molecule has 3 atom stereocenters. The van der Waals surface area contributed by atoms with E-state index in [2.05, 4.69) is 83.0 Å². The van der Waals surface area contributed by atoms with Crippen molar-refractivity contribution in [2.75, 3.05) is 38.6 Å². The first-order valence-corrected chi connectivity index (χ1v) is 19.4. The molecule has 11 nitrogen and oxygen atoms in total. The van der Waals surface area contributed by atoms with Gasteiger partial charge in [-0.3, -0.25) is 19.3 Å². The zero-order valence-electron chi connectivity index (χ0n) is 26.5. The van der Waals surface area contributed by atoms with E-state index in [4.69, 9.17) is 9.84 Å². The number of pyridine rings is 1. The fourth-order valence-electron chi connectivity index (χ4n) is 6.36. The van der Waals surface area contributed by atoms with Crippen LogP contribution in [0.25, 0.3) is 21.8 Å². The number of amides is 2. The van der Waals surface area contributed by atoms with Crippen LogP contribution in [-0.2, 0) is 21.1 Å². The van der Waals surface area contributed by atoms with Gasteiger partial charge in [0.05, 0.1) is 41.2 Å². The van der Waals surface area contributed by atoms with E-state index in [1.807, 2.05) is 0 Å². The molecule has 1 aromatic carbocycles. The fraction of sp³-hybridized carbons (Fsp3) is 0.531. The quantitative estimate of drug-likeness (QED) is 0.170. The highest BCUT2D eigenvalue weighted by atomic mass is 28.3. The van der Waals surface area contributed by atoms with E-state index in [-0.39, 0.29) is 12.8 Å². The van der Waals surface area contributed by atoms with Crippen molar-refractivity contribution in [3.63, 3.8) is 0 Å². The standard InChI is InChI=1S/C32H44N8O3Si/c1-22-6-9-29(23-7-8-24-19-39(36-27(24)14-23)26-10-11-37(2)20-26)38(18-22)32(42)31(41)35-28-17-33-15-25-16-34-40(30(25)28)21-43-12-13-44(3,4)5/h7-8,14-17,19,22,26,29H,6,9-13,18,20-21H2,1-5H3,(H,35,41)/t22-,26?,29+/m0/s1. The Hall–Kier alpha value is -3.61. The highest BCUT2D eigenvalue weighted by Crippen LogP contribution is 2.35. The van der Waals surface area contributed by atoms with Crippen molar-refractivity contribution in [1.29, 1.82) is 0 Å². The lowest BCUT2D eigenvalue weighted by Gasteiger charge is -2.38. The summed E-state index contributed by atoms with van der Waals surface area (Å²) in [5.74, 6) is -0.928. The van der Waals surface area contributed by atoms with Gasteiger partial charge in [-0.2, -0.15) is 10.2 Å². The summed E-state index contributed by atoms with van der Waals surface area (Å²) >= 11 is 0. The normalized spacial score (nSPS) is 21.4. The van der Waals surface area contributed by atoms with Gasteiger partial charge >= 0.3 is 11.8 Å². The van der Waals surface area contributed by atoms with Gasteiger partial charge in [0.25, 0.3) is 0 Å². The Morgan fingerprint density at radius 3 is 2.68 bits per heavy atom. The summed E-state index contributed by atoms with van der Waals surface area (Å²) in [6.45, 7) is 12.6. The lowest BCUT2D eigenvalue weighted by atomic mass is 9.89. The molecule has 0 saturated carbocycles. The van der Waals surface area contributed by atoms with E-state index in [9.17, 15) is 9.59 Å². The number of carbonyl (C=O) groups is 2. The van der Waals surface area contributed by atoms with Crippen molar-refractivity contribution >= 4 is 47.4 Å². The number of carbonyl (C=O) groups excluding carboxylic acids is 2. The molecular formula is C32H44N8O3Si. The van der Waals surface area contributed by atoms with Crippen LogP contribution in [0, 0.1) is 5.92 Å². The summed E-state index contributed by atoms with van der Waals surface area (Å²) in [5.41, 5.74) is 3.06.